The number of thiophene rings is 1. The normalized spacial score (nSPS) is 12.0. The smallest absolute Gasteiger partial charge is 0.349 e. The van der Waals surface area contributed by atoms with Crippen LogP contribution in [0.15, 0.2) is 53.9 Å². The van der Waals surface area contributed by atoms with Gasteiger partial charge in [0.05, 0.1) is 0 Å². The molecule has 2 heterocycles. The fourth-order valence-corrected chi connectivity index (χ4v) is 3.59. The lowest BCUT2D eigenvalue weighted by Gasteiger charge is -2.06. The maximum Gasteiger partial charge on any atom is 0.349 e. The quantitative estimate of drug-likeness (QED) is 0.482. The van der Waals surface area contributed by atoms with Crippen molar-refractivity contribution in [2.45, 2.75) is 6.92 Å². The lowest BCUT2D eigenvalue weighted by molar-refractivity contribution is 0.0480. The number of Topliss-reactive ketones (excluding diaryl/α,β-unsaturated/α-hetero) is 1. The minimum atomic E-state index is -0.505. The van der Waals surface area contributed by atoms with Crippen LogP contribution < -0.4 is 9.47 Å². The molecule has 4 rings (SSSR count). The van der Waals surface area contributed by atoms with Crippen LogP contribution in [-0.4, -0.2) is 25.2 Å². The van der Waals surface area contributed by atoms with Gasteiger partial charge in [-0.2, -0.15) is 0 Å². The molecular weight excluding hydrogens is 364 g/mol. The second kappa shape index (κ2) is 7.25. The summed E-state index contributed by atoms with van der Waals surface area (Å²) in [4.78, 5) is 25.3. The molecule has 0 bridgehead atoms. The largest absolute Gasteiger partial charge is 0.454 e. The van der Waals surface area contributed by atoms with E-state index in [-0.39, 0.29) is 19.2 Å². The summed E-state index contributed by atoms with van der Waals surface area (Å²) in [5, 5.41) is 1.84. The summed E-state index contributed by atoms with van der Waals surface area (Å²) < 4.78 is 15.7. The molecule has 27 heavy (non-hydrogen) atoms. The highest BCUT2D eigenvalue weighted by Crippen LogP contribution is 2.33. The number of benzene rings is 2. The molecule has 0 spiro atoms. The van der Waals surface area contributed by atoms with Crippen LogP contribution in [0, 0.1) is 6.92 Å². The molecule has 0 fully saturated rings. The Hall–Kier alpha value is -3.12. The average molecular weight is 380 g/mol. The SMILES string of the molecule is Cc1ccc(-c2ccsc2C(=O)OCC(=O)c2ccc3c(c2)OCO3)cc1. The van der Waals surface area contributed by atoms with Crippen molar-refractivity contribution in [3.8, 4) is 22.6 Å². The number of ether oxygens (including phenoxy) is 3. The predicted octanol–water partition coefficient (Wildman–Crippen LogP) is 4.49. The average Bonchev–Trinajstić information content (AvgIpc) is 3.35. The van der Waals surface area contributed by atoms with Gasteiger partial charge < -0.3 is 14.2 Å². The van der Waals surface area contributed by atoms with E-state index in [4.69, 9.17) is 14.2 Å². The minimum Gasteiger partial charge on any atom is -0.454 e. The van der Waals surface area contributed by atoms with Gasteiger partial charge in [-0.1, -0.05) is 29.8 Å². The van der Waals surface area contributed by atoms with Crippen molar-refractivity contribution in [2.75, 3.05) is 13.4 Å². The Morgan fingerprint density at radius 1 is 1.04 bits per heavy atom. The molecule has 3 aromatic rings. The van der Waals surface area contributed by atoms with E-state index in [1.807, 2.05) is 42.6 Å². The zero-order chi connectivity index (χ0) is 18.8. The zero-order valence-electron chi connectivity index (χ0n) is 14.6. The second-order valence-electron chi connectivity index (χ2n) is 6.10. The minimum absolute atomic E-state index is 0.141. The number of carbonyl (C=O) groups excluding carboxylic acids is 2. The van der Waals surface area contributed by atoms with Crippen molar-refractivity contribution in [3.05, 3.63) is 69.9 Å². The van der Waals surface area contributed by atoms with E-state index in [1.54, 1.807) is 18.2 Å². The topological polar surface area (TPSA) is 61.8 Å². The van der Waals surface area contributed by atoms with Gasteiger partial charge >= 0.3 is 5.97 Å². The van der Waals surface area contributed by atoms with Crippen molar-refractivity contribution in [1.82, 2.24) is 0 Å². The lowest BCUT2D eigenvalue weighted by atomic mass is 10.1. The van der Waals surface area contributed by atoms with Gasteiger partial charge in [0, 0.05) is 11.1 Å². The Balaban J connectivity index is 1.45. The number of esters is 1. The van der Waals surface area contributed by atoms with Gasteiger partial charge in [0.2, 0.25) is 6.79 Å². The van der Waals surface area contributed by atoms with Gasteiger partial charge in [-0.3, -0.25) is 4.79 Å². The van der Waals surface area contributed by atoms with E-state index in [0.29, 0.717) is 21.9 Å². The van der Waals surface area contributed by atoms with E-state index in [0.717, 1.165) is 16.7 Å². The first-order valence-corrected chi connectivity index (χ1v) is 9.24. The third kappa shape index (κ3) is 3.57. The van der Waals surface area contributed by atoms with Crippen LogP contribution in [0.1, 0.15) is 25.6 Å². The third-order valence-electron chi connectivity index (χ3n) is 4.24. The van der Waals surface area contributed by atoms with Crippen molar-refractivity contribution in [1.29, 1.82) is 0 Å². The molecule has 0 saturated heterocycles. The highest BCUT2D eigenvalue weighted by Gasteiger charge is 2.20. The van der Waals surface area contributed by atoms with E-state index < -0.39 is 5.97 Å². The summed E-state index contributed by atoms with van der Waals surface area (Å²) in [6.07, 6.45) is 0. The van der Waals surface area contributed by atoms with Crippen molar-refractivity contribution >= 4 is 23.1 Å². The monoisotopic (exact) mass is 380 g/mol. The molecule has 1 aliphatic heterocycles. The summed E-state index contributed by atoms with van der Waals surface area (Å²) >= 11 is 1.30. The molecule has 0 N–H and O–H groups in total. The number of ketones is 1. The molecule has 1 aliphatic rings. The van der Waals surface area contributed by atoms with E-state index in [9.17, 15) is 9.59 Å². The van der Waals surface area contributed by atoms with E-state index >= 15 is 0 Å². The van der Waals surface area contributed by atoms with Gasteiger partial charge in [0.1, 0.15) is 4.88 Å². The first-order valence-electron chi connectivity index (χ1n) is 8.36. The Labute approximate surface area is 160 Å². The molecule has 5 nitrogen and oxygen atoms in total. The molecule has 0 radical (unpaired) electrons. The Bertz CT molecular complexity index is 1000. The molecular formula is C21H16O5S. The molecule has 1 aromatic heterocycles. The fourth-order valence-electron chi connectivity index (χ4n) is 2.78. The molecule has 0 amide bonds. The summed E-state index contributed by atoms with van der Waals surface area (Å²) in [6, 6.07) is 14.7. The molecule has 0 atom stereocenters. The van der Waals surface area contributed by atoms with Crippen LogP contribution in [-0.2, 0) is 4.74 Å². The highest BCUT2D eigenvalue weighted by atomic mass is 32.1. The van der Waals surface area contributed by atoms with Gasteiger partial charge in [-0.15, -0.1) is 11.3 Å². The predicted molar refractivity (Wildman–Crippen MR) is 102 cm³/mol. The molecule has 136 valence electrons. The third-order valence-corrected chi connectivity index (χ3v) is 5.14. The van der Waals surface area contributed by atoms with E-state index in [2.05, 4.69) is 0 Å². The lowest BCUT2D eigenvalue weighted by Crippen LogP contribution is -2.14. The van der Waals surface area contributed by atoms with Crippen molar-refractivity contribution < 1.29 is 23.8 Å². The summed E-state index contributed by atoms with van der Waals surface area (Å²) in [7, 11) is 0. The number of fused-ring (bicyclic) bond motifs is 1. The molecule has 6 heteroatoms. The first-order chi connectivity index (χ1) is 13.1. The second-order valence-corrected chi connectivity index (χ2v) is 7.01. The van der Waals surface area contributed by atoms with Crippen molar-refractivity contribution in [3.63, 3.8) is 0 Å². The molecule has 0 saturated carbocycles. The Morgan fingerprint density at radius 3 is 2.63 bits per heavy atom. The highest BCUT2D eigenvalue weighted by molar-refractivity contribution is 7.12. The van der Waals surface area contributed by atoms with Crippen molar-refractivity contribution in [2.24, 2.45) is 0 Å². The van der Waals surface area contributed by atoms with Gasteiger partial charge in [0.25, 0.3) is 0 Å². The van der Waals surface area contributed by atoms with Crippen LogP contribution in [0.2, 0.25) is 0 Å². The maximum atomic E-state index is 12.5. The summed E-state index contributed by atoms with van der Waals surface area (Å²) in [5.41, 5.74) is 3.31. The molecule has 0 unspecified atom stereocenters. The Kier molecular flexibility index (Phi) is 4.64. The number of hydrogen-bond acceptors (Lipinski definition) is 6. The van der Waals surface area contributed by atoms with Crippen LogP contribution in [0.4, 0.5) is 0 Å². The van der Waals surface area contributed by atoms with Gasteiger partial charge in [-0.25, -0.2) is 4.79 Å². The number of hydrogen-bond donors (Lipinski definition) is 0. The first kappa shape index (κ1) is 17.3. The molecule has 0 aliphatic carbocycles. The van der Waals surface area contributed by atoms with Crippen LogP contribution in [0.5, 0.6) is 11.5 Å². The fraction of sp³-hybridized carbons (Fsp3) is 0.143. The molecule has 2 aromatic carbocycles. The number of aryl methyl sites for hydroxylation is 1. The zero-order valence-corrected chi connectivity index (χ0v) is 15.4. The summed E-state index contributed by atoms with van der Waals surface area (Å²) in [5.74, 6) is 0.321. The number of rotatable bonds is 5. The van der Waals surface area contributed by atoms with Crippen LogP contribution >= 0.6 is 11.3 Å². The van der Waals surface area contributed by atoms with Gasteiger partial charge in [-0.05, 0) is 42.1 Å². The standard InChI is InChI=1S/C21H16O5S/c1-13-2-4-14(5-3-13)16-8-9-27-20(16)21(23)24-11-17(22)15-6-7-18-19(10-15)26-12-25-18/h2-10H,11-12H2,1H3. The van der Waals surface area contributed by atoms with Crippen LogP contribution in [0.3, 0.4) is 0 Å². The summed E-state index contributed by atoms with van der Waals surface area (Å²) in [6.45, 7) is 1.82. The van der Waals surface area contributed by atoms with E-state index in [1.165, 1.54) is 11.3 Å². The Morgan fingerprint density at radius 2 is 1.81 bits per heavy atom. The number of carbonyl (C=O) groups is 2. The van der Waals surface area contributed by atoms with Gasteiger partial charge in [0.15, 0.2) is 23.9 Å². The maximum absolute atomic E-state index is 12.5. The van der Waals surface area contributed by atoms with Crippen LogP contribution in [0.25, 0.3) is 11.1 Å².